The van der Waals surface area contributed by atoms with E-state index >= 15 is 0 Å². The summed E-state index contributed by atoms with van der Waals surface area (Å²) in [4.78, 5) is 2.58. The highest BCUT2D eigenvalue weighted by Crippen LogP contribution is 2.23. The molecule has 0 spiro atoms. The lowest BCUT2D eigenvalue weighted by atomic mass is 10.0. The molecule has 1 aromatic rings. The molecule has 0 unspecified atom stereocenters. The minimum Gasteiger partial charge on any atom is -0.346 e. The van der Waals surface area contributed by atoms with Crippen molar-refractivity contribution in [2.24, 2.45) is 0 Å². The Labute approximate surface area is 156 Å². The van der Waals surface area contributed by atoms with Gasteiger partial charge in [0.15, 0.2) is 5.11 Å². The number of likely N-dealkylation sites (tertiary alicyclic amines) is 1. The molecule has 2 fully saturated rings. The Balaban J connectivity index is 1.66. The average molecular weight is 382 g/mol. The zero-order valence-corrected chi connectivity index (χ0v) is 16.4. The highest BCUT2D eigenvalue weighted by Gasteiger charge is 2.26. The number of nitrogens with one attached hydrogen (secondary N) is 1. The fourth-order valence-electron chi connectivity index (χ4n) is 3.56. The predicted octanol–water partition coefficient (Wildman–Crippen LogP) is 3.43. The molecule has 25 heavy (non-hydrogen) atoms. The van der Waals surface area contributed by atoms with Crippen LogP contribution in [-0.2, 0) is 10.0 Å². The number of thiocarbonyl (C=S) groups is 1. The summed E-state index contributed by atoms with van der Waals surface area (Å²) in [5.74, 6) is 0. The Morgan fingerprint density at radius 1 is 1.04 bits per heavy atom. The van der Waals surface area contributed by atoms with Gasteiger partial charge in [-0.1, -0.05) is 6.42 Å². The maximum Gasteiger partial charge on any atom is 0.243 e. The van der Waals surface area contributed by atoms with Crippen LogP contribution < -0.4 is 5.32 Å². The van der Waals surface area contributed by atoms with E-state index in [2.05, 4.69) is 17.1 Å². The molecule has 2 heterocycles. The van der Waals surface area contributed by atoms with Crippen LogP contribution in [0.5, 0.6) is 0 Å². The smallest absolute Gasteiger partial charge is 0.243 e. The van der Waals surface area contributed by atoms with Gasteiger partial charge in [-0.2, -0.15) is 4.31 Å². The van der Waals surface area contributed by atoms with E-state index in [1.165, 1.54) is 12.8 Å². The van der Waals surface area contributed by atoms with Gasteiger partial charge in [-0.25, -0.2) is 8.42 Å². The van der Waals surface area contributed by atoms with Gasteiger partial charge in [0.1, 0.15) is 0 Å². The third kappa shape index (κ3) is 4.33. The van der Waals surface area contributed by atoms with E-state index in [0.29, 0.717) is 24.0 Å². The maximum absolute atomic E-state index is 12.7. The molecule has 0 amide bonds. The van der Waals surface area contributed by atoms with Crippen molar-refractivity contribution in [3.63, 3.8) is 0 Å². The second-order valence-electron chi connectivity index (χ2n) is 6.96. The summed E-state index contributed by atoms with van der Waals surface area (Å²) in [6, 6.07) is 7.41. The number of sulfonamides is 1. The van der Waals surface area contributed by atoms with Gasteiger partial charge >= 0.3 is 0 Å². The van der Waals surface area contributed by atoms with Crippen molar-refractivity contribution in [1.82, 2.24) is 9.21 Å². The lowest BCUT2D eigenvalue weighted by molar-refractivity contribution is 0.262. The highest BCUT2D eigenvalue weighted by atomic mass is 32.2. The number of rotatable bonds is 3. The minimum absolute atomic E-state index is 0.359. The van der Waals surface area contributed by atoms with Crippen LogP contribution in [0.25, 0.3) is 0 Å². The Hall–Kier alpha value is -1.18. The first-order valence-electron chi connectivity index (χ1n) is 9.16. The molecule has 138 valence electrons. The van der Waals surface area contributed by atoms with Crippen molar-refractivity contribution < 1.29 is 8.42 Å². The van der Waals surface area contributed by atoms with E-state index in [4.69, 9.17) is 12.2 Å². The molecule has 1 N–H and O–H groups in total. The number of hydrogen-bond acceptors (Lipinski definition) is 3. The molecule has 0 aromatic heterocycles. The molecular formula is C18H27N3O2S2. The van der Waals surface area contributed by atoms with Gasteiger partial charge in [-0.15, -0.1) is 0 Å². The molecule has 1 aromatic carbocycles. The lowest BCUT2D eigenvalue weighted by Gasteiger charge is -2.35. The summed E-state index contributed by atoms with van der Waals surface area (Å²) in [6.07, 6.45) is 6.58. The summed E-state index contributed by atoms with van der Waals surface area (Å²) < 4.78 is 27.0. The Morgan fingerprint density at radius 2 is 1.68 bits per heavy atom. The van der Waals surface area contributed by atoms with E-state index < -0.39 is 10.0 Å². The van der Waals surface area contributed by atoms with Gasteiger partial charge in [0.05, 0.1) is 4.90 Å². The van der Waals surface area contributed by atoms with Crippen LogP contribution in [0.2, 0.25) is 0 Å². The summed E-state index contributed by atoms with van der Waals surface area (Å²) >= 11 is 5.53. The molecule has 0 bridgehead atoms. The van der Waals surface area contributed by atoms with Crippen molar-refractivity contribution in [2.45, 2.75) is 56.4 Å². The molecule has 0 aliphatic carbocycles. The molecule has 0 saturated carbocycles. The largest absolute Gasteiger partial charge is 0.346 e. The van der Waals surface area contributed by atoms with Gasteiger partial charge in [-0.3, -0.25) is 0 Å². The van der Waals surface area contributed by atoms with Crippen LogP contribution >= 0.6 is 12.2 Å². The first-order chi connectivity index (χ1) is 12.0. The molecule has 5 nitrogen and oxygen atoms in total. The third-order valence-corrected chi connectivity index (χ3v) is 7.37. The van der Waals surface area contributed by atoms with Crippen molar-refractivity contribution >= 4 is 33.0 Å². The van der Waals surface area contributed by atoms with Crippen molar-refractivity contribution in [3.05, 3.63) is 24.3 Å². The fraction of sp³-hybridized carbons (Fsp3) is 0.611. The second-order valence-corrected chi connectivity index (χ2v) is 9.28. The van der Waals surface area contributed by atoms with E-state index in [1.807, 2.05) is 0 Å². The van der Waals surface area contributed by atoms with Gasteiger partial charge in [-0.05, 0) is 75.5 Å². The highest BCUT2D eigenvalue weighted by molar-refractivity contribution is 7.89. The van der Waals surface area contributed by atoms with E-state index in [1.54, 1.807) is 28.6 Å². The number of anilines is 1. The Kier molecular flexibility index (Phi) is 5.96. The quantitative estimate of drug-likeness (QED) is 0.813. The van der Waals surface area contributed by atoms with Crippen LogP contribution in [-0.4, -0.2) is 48.4 Å². The lowest BCUT2D eigenvalue weighted by Crippen LogP contribution is -2.44. The number of nitrogens with zero attached hydrogens (tertiary/aromatic N) is 2. The minimum atomic E-state index is -3.37. The predicted molar refractivity (Wildman–Crippen MR) is 105 cm³/mol. The van der Waals surface area contributed by atoms with Crippen molar-refractivity contribution in [3.8, 4) is 0 Å². The van der Waals surface area contributed by atoms with Crippen LogP contribution in [0.1, 0.15) is 45.4 Å². The van der Waals surface area contributed by atoms with E-state index in [-0.39, 0.29) is 0 Å². The van der Waals surface area contributed by atoms with Crippen LogP contribution in [0.15, 0.2) is 29.2 Å². The first-order valence-corrected chi connectivity index (χ1v) is 11.0. The van der Waals surface area contributed by atoms with Gasteiger partial charge in [0.25, 0.3) is 0 Å². The molecule has 2 aliphatic heterocycles. The molecule has 3 rings (SSSR count). The van der Waals surface area contributed by atoms with Crippen LogP contribution in [0, 0.1) is 0 Å². The topological polar surface area (TPSA) is 52.7 Å². The molecule has 7 heteroatoms. The Bertz CT molecular complexity index is 698. The SMILES string of the molecule is C[C@@H]1CCCCN1C(=S)Nc1ccc(S(=O)(=O)N2CCCCC2)cc1. The zero-order valence-electron chi connectivity index (χ0n) is 14.8. The zero-order chi connectivity index (χ0) is 17.9. The van der Waals surface area contributed by atoms with Gasteiger partial charge in [0, 0.05) is 31.4 Å². The molecule has 1 atom stereocenters. The molecule has 2 aliphatic rings. The summed E-state index contributed by atoms with van der Waals surface area (Å²) in [5, 5.41) is 3.97. The summed E-state index contributed by atoms with van der Waals surface area (Å²) in [7, 11) is -3.37. The van der Waals surface area contributed by atoms with Crippen LogP contribution in [0.4, 0.5) is 5.69 Å². The maximum atomic E-state index is 12.7. The molecule has 0 radical (unpaired) electrons. The van der Waals surface area contributed by atoms with Crippen LogP contribution in [0.3, 0.4) is 0 Å². The first kappa shape index (κ1) is 18.6. The molecular weight excluding hydrogens is 354 g/mol. The third-order valence-electron chi connectivity index (χ3n) is 5.12. The number of benzene rings is 1. The van der Waals surface area contributed by atoms with Crippen molar-refractivity contribution in [2.75, 3.05) is 25.0 Å². The van der Waals surface area contributed by atoms with E-state index in [9.17, 15) is 8.42 Å². The van der Waals surface area contributed by atoms with E-state index in [0.717, 1.165) is 43.0 Å². The fourth-order valence-corrected chi connectivity index (χ4v) is 5.47. The summed E-state index contributed by atoms with van der Waals surface area (Å²) in [6.45, 7) is 4.42. The normalized spacial score (nSPS) is 22.6. The second kappa shape index (κ2) is 8.01. The Morgan fingerprint density at radius 3 is 2.32 bits per heavy atom. The standard InChI is InChI=1S/C18H27N3O2S2/c1-15-7-3-6-14-21(15)18(24)19-16-8-10-17(11-9-16)25(22,23)20-12-4-2-5-13-20/h8-11,15H,2-7,12-14H2,1H3,(H,19,24)/t15-/m1/s1. The monoisotopic (exact) mass is 381 g/mol. The van der Waals surface area contributed by atoms with Crippen molar-refractivity contribution in [1.29, 1.82) is 0 Å². The van der Waals surface area contributed by atoms with Gasteiger partial charge in [0.2, 0.25) is 10.0 Å². The average Bonchev–Trinajstić information content (AvgIpc) is 2.63. The summed E-state index contributed by atoms with van der Waals surface area (Å²) in [5.41, 5.74) is 0.834. The molecule has 2 saturated heterocycles. The van der Waals surface area contributed by atoms with Gasteiger partial charge < -0.3 is 10.2 Å². The number of hydrogen-bond donors (Lipinski definition) is 1. The number of piperidine rings is 2.